The molecule has 0 saturated carbocycles. The van der Waals surface area contributed by atoms with Crippen molar-refractivity contribution in [1.82, 2.24) is 24.5 Å². The molecule has 7 nitrogen and oxygen atoms in total. The first kappa shape index (κ1) is 19.7. The molecule has 0 radical (unpaired) electrons. The molecule has 2 atom stereocenters. The Balaban J connectivity index is 1.71. The zero-order valence-electron chi connectivity index (χ0n) is 15.4. The van der Waals surface area contributed by atoms with E-state index in [2.05, 4.69) is 25.2 Å². The van der Waals surface area contributed by atoms with Gasteiger partial charge in [0.1, 0.15) is 23.9 Å². The number of hydrogen-bond acceptors (Lipinski definition) is 6. The third-order valence-electron chi connectivity index (χ3n) is 4.68. The largest absolute Gasteiger partial charge is 0.434 e. The summed E-state index contributed by atoms with van der Waals surface area (Å²) in [4.78, 5) is 6.03. The van der Waals surface area contributed by atoms with Crippen LogP contribution in [-0.4, -0.2) is 63.4 Å². The van der Waals surface area contributed by atoms with Crippen LogP contribution in [0.5, 0.6) is 5.75 Å². The minimum absolute atomic E-state index is 0.111. The fourth-order valence-electron chi connectivity index (χ4n) is 3.55. The van der Waals surface area contributed by atoms with E-state index in [-0.39, 0.29) is 16.8 Å². The van der Waals surface area contributed by atoms with Crippen molar-refractivity contribution in [2.75, 3.05) is 25.5 Å². The third kappa shape index (κ3) is 4.23. The lowest BCUT2D eigenvalue weighted by molar-refractivity contribution is -0.0494. The fourth-order valence-corrected chi connectivity index (χ4v) is 3.71. The van der Waals surface area contributed by atoms with Crippen LogP contribution in [0.15, 0.2) is 30.7 Å². The van der Waals surface area contributed by atoms with Crippen molar-refractivity contribution in [3.8, 4) is 17.0 Å². The molecule has 0 bridgehead atoms. The molecule has 29 heavy (non-hydrogen) atoms. The number of hydrogen-bond donors (Lipinski definition) is 1. The molecule has 3 heterocycles. The number of anilines is 1. The predicted octanol–water partition coefficient (Wildman–Crippen LogP) is 3.50. The lowest BCUT2D eigenvalue weighted by Gasteiger charge is -2.32. The van der Waals surface area contributed by atoms with Crippen molar-refractivity contribution in [1.29, 1.82) is 0 Å². The number of nitrogens with zero attached hydrogens (tertiary/aromatic N) is 5. The van der Waals surface area contributed by atoms with Gasteiger partial charge < -0.3 is 15.0 Å². The van der Waals surface area contributed by atoms with Crippen molar-refractivity contribution in [3.63, 3.8) is 0 Å². The number of benzene rings is 1. The van der Waals surface area contributed by atoms with Crippen LogP contribution in [0.4, 0.5) is 19.1 Å². The van der Waals surface area contributed by atoms with Crippen molar-refractivity contribution in [2.45, 2.75) is 25.2 Å². The summed E-state index contributed by atoms with van der Waals surface area (Å²) in [5.41, 5.74) is 1.15. The van der Waals surface area contributed by atoms with Gasteiger partial charge in [0.2, 0.25) is 5.95 Å². The van der Waals surface area contributed by atoms with Gasteiger partial charge in [-0.05, 0) is 25.2 Å². The number of alkyl halides is 3. The average molecular weight is 427 g/mol. The van der Waals surface area contributed by atoms with Gasteiger partial charge in [-0.3, -0.25) is 4.40 Å². The van der Waals surface area contributed by atoms with Crippen LogP contribution in [0.2, 0.25) is 5.02 Å². The van der Waals surface area contributed by atoms with E-state index in [4.69, 9.17) is 11.6 Å². The highest BCUT2D eigenvalue weighted by atomic mass is 35.5. The fraction of sp³-hybridized carbons (Fsp3) is 0.389. The molecule has 2 aromatic heterocycles. The summed E-state index contributed by atoms with van der Waals surface area (Å²) in [7, 11) is 1.85. The number of likely N-dealkylation sites (N-methyl/N-ethyl adjacent to an activating group) is 1. The van der Waals surface area contributed by atoms with Crippen LogP contribution >= 0.6 is 11.6 Å². The average Bonchev–Trinajstić information content (AvgIpc) is 3.12. The van der Waals surface area contributed by atoms with Gasteiger partial charge in [-0.1, -0.05) is 11.6 Å². The SMILES string of the molecule is CN1C[C@H](F)C[C@@H](Nc2nnc(-c3ccc(Cl)cc3OC(F)F)c3cncn23)C1. The standard InChI is InChI=1S/C18H18ClF3N6O/c1-27-7-11(20)5-12(8-27)24-18-26-25-16(14-6-23-9-28(14)18)13-3-2-10(19)4-15(13)29-17(21)22/h2-4,6,9,11-12,17H,5,7-8H2,1H3,(H,24,26)/t11-,12-/m1/s1. The van der Waals surface area contributed by atoms with Crippen molar-refractivity contribution in [3.05, 3.63) is 35.7 Å². The summed E-state index contributed by atoms with van der Waals surface area (Å²) in [6, 6.07) is 4.23. The monoisotopic (exact) mass is 426 g/mol. The number of likely N-dealkylation sites (tertiary alicyclic amines) is 1. The molecular weight excluding hydrogens is 409 g/mol. The van der Waals surface area contributed by atoms with Gasteiger partial charge in [-0.25, -0.2) is 9.37 Å². The molecule has 1 N–H and O–H groups in total. The van der Waals surface area contributed by atoms with Gasteiger partial charge >= 0.3 is 6.61 Å². The minimum atomic E-state index is -3.01. The maximum atomic E-state index is 13.9. The van der Waals surface area contributed by atoms with E-state index < -0.39 is 12.8 Å². The second kappa shape index (κ2) is 8.03. The molecule has 0 aliphatic carbocycles. The molecule has 1 saturated heterocycles. The van der Waals surface area contributed by atoms with Gasteiger partial charge in [0.15, 0.2) is 0 Å². The molecule has 4 rings (SSSR count). The van der Waals surface area contributed by atoms with Gasteiger partial charge in [0.25, 0.3) is 0 Å². The lowest BCUT2D eigenvalue weighted by atomic mass is 10.1. The smallest absolute Gasteiger partial charge is 0.387 e. The number of piperidine rings is 1. The van der Waals surface area contributed by atoms with E-state index >= 15 is 0 Å². The third-order valence-corrected chi connectivity index (χ3v) is 4.92. The first-order valence-corrected chi connectivity index (χ1v) is 9.31. The highest BCUT2D eigenvalue weighted by Crippen LogP contribution is 2.35. The molecule has 154 valence electrons. The quantitative estimate of drug-likeness (QED) is 0.673. The van der Waals surface area contributed by atoms with Crippen LogP contribution in [-0.2, 0) is 0 Å². The summed E-state index contributed by atoms with van der Waals surface area (Å²) in [6.45, 7) is -1.96. The van der Waals surface area contributed by atoms with Crippen LogP contribution < -0.4 is 10.1 Å². The zero-order valence-corrected chi connectivity index (χ0v) is 16.2. The number of halogens is 4. The highest BCUT2D eigenvalue weighted by Gasteiger charge is 2.26. The Hall–Kier alpha value is -2.59. The number of imidazole rings is 1. The Kier molecular flexibility index (Phi) is 5.46. The molecule has 1 fully saturated rings. The molecular formula is C18H18ClF3N6O. The van der Waals surface area contributed by atoms with E-state index in [0.29, 0.717) is 42.2 Å². The van der Waals surface area contributed by atoms with Gasteiger partial charge in [0, 0.05) is 36.1 Å². The molecule has 1 aliphatic heterocycles. The Labute approximate surface area is 169 Å². The topological polar surface area (TPSA) is 67.6 Å². The molecule has 0 spiro atoms. The highest BCUT2D eigenvalue weighted by molar-refractivity contribution is 6.30. The van der Waals surface area contributed by atoms with Gasteiger partial charge in [0.05, 0.1) is 11.7 Å². The van der Waals surface area contributed by atoms with Crippen molar-refractivity contribution < 1.29 is 17.9 Å². The second-order valence-corrected chi connectivity index (χ2v) is 7.37. The van der Waals surface area contributed by atoms with Gasteiger partial charge in [-0.2, -0.15) is 8.78 Å². The summed E-state index contributed by atoms with van der Waals surface area (Å²) in [5, 5.41) is 11.8. The van der Waals surface area contributed by atoms with E-state index in [0.717, 1.165) is 0 Å². The molecule has 0 amide bonds. The zero-order chi connectivity index (χ0) is 20.5. The van der Waals surface area contributed by atoms with E-state index in [1.165, 1.54) is 18.5 Å². The summed E-state index contributed by atoms with van der Waals surface area (Å²) in [5.74, 6) is 0.277. The lowest BCUT2D eigenvalue weighted by Crippen LogP contribution is -2.45. The summed E-state index contributed by atoms with van der Waals surface area (Å²) in [6.07, 6.45) is 2.49. The second-order valence-electron chi connectivity index (χ2n) is 6.94. The van der Waals surface area contributed by atoms with Crippen molar-refractivity contribution in [2.24, 2.45) is 0 Å². The summed E-state index contributed by atoms with van der Waals surface area (Å²) >= 11 is 5.92. The van der Waals surface area contributed by atoms with Crippen molar-refractivity contribution >= 4 is 23.1 Å². The Morgan fingerprint density at radius 1 is 1.28 bits per heavy atom. The Morgan fingerprint density at radius 3 is 2.86 bits per heavy atom. The maximum absolute atomic E-state index is 13.9. The first-order valence-electron chi connectivity index (χ1n) is 8.93. The predicted molar refractivity (Wildman–Crippen MR) is 102 cm³/mol. The Morgan fingerprint density at radius 2 is 2.10 bits per heavy atom. The van der Waals surface area contributed by atoms with Crippen LogP contribution in [0.1, 0.15) is 6.42 Å². The van der Waals surface area contributed by atoms with E-state index in [1.807, 2.05) is 11.9 Å². The number of fused-ring (bicyclic) bond motifs is 1. The molecule has 3 aromatic rings. The van der Waals surface area contributed by atoms with Gasteiger partial charge in [-0.15, -0.1) is 10.2 Å². The van der Waals surface area contributed by atoms with E-state index in [1.54, 1.807) is 16.7 Å². The maximum Gasteiger partial charge on any atom is 0.387 e. The first-order chi connectivity index (χ1) is 13.9. The molecule has 1 aromatic carbocycles. The van der Waals surface area contributed by atoms with Crippen LogP contribution in [0.3, 0.4) is 0 Å². The normalized spacial score (nSPS) is 20.3. The molecule has 11 heteroatoms. The number of ether oxygens (including phenoxy) is 1. The number of rotatable bonds is 5. The number of nitrogens with one attached hydrogen (secondary N) is 1. The molecule has 0 unspecified atom stereocenters. The minimum Gasteiger partial charge on any atom is -0.434 e. The van der Waals surface area contributed by atoms with Crippen LogP contribution in [0.25, 0.3) is 16.8 Å². The Bertz CT molecular complexity index is 1010. The van der Waals surface area contributed by atoms with Crippen LogP contribution in [0, 0.1) is 0 Å². The summed E-state index contributed by atoms with van der Waals surface area (Å²) < 4.78 is 45.8. The van der Waals surface area contributed by atoms with E-state index in [9.17, 15) is 13.2 Å². The number of aromatic nitrogens is 4. The molecule has 1 aliphatic rings.